The zero-order chi connectivity index (χ0) is 8.39. The minimum absolute atomic E-state index is 0. The SMILES string of the molecule is CS[c-]1cc(-c2[c-]c[cH-]c2)c[s+]1.[CH3-].[Fe+3]. The van der Waals surface area contributed by atoms with Gasteiger partial charge in [-0.3, -0.25) is 18.2 Å². The third-order valence-corrected chi connectivity index (χ3v) is 3.72. The van der Waals surface area contributed by atoms with Crippen molar-refractivity contribution in [2.45, 2.75) is 4.21 Å². The Labute approximate surface area is 105 Å². The van der Waals surface area contributed by atoms with Crippen LogP contribution in [0, 0.1) is 13.5 Å². The summed E-state index contributed by atoms with van der Waals surface area (Å²) in [6.07, 6.45) is 2.10. The fourth-order valence-electron chi connectivity index (χ4n) is 1.07. The van der Waals surface area contributed by atoms with Crippen LogP contribution in [0.25, 0.3) is 11.1 Å². The molecule has 2 aromatic rings. The second-order valence-corrected chi connectivity index (χ2v) is 4.46. The Bertz CT molecular complexity index is 349. The maximum Gasteiger partial charge on any atom is 3.00 e. The van der Waals surface area contributed by atoms with Crippen LogP contribution in [0.15, 0.2) is 33.9 Å². The van der Waals surface area contributed by atoms with Crippen molar-refractivity contribution in [2.24, 2.45) is 0 Å². The number of hydrogen-bond donors (Lipinski definition) is 0. The second-order valence-electron chi connectivity index (χ2n) is 2.44. The molecule has 75 valence electrons. The molecule has 1 aromatic carbocycles. The van der Waals surface area contributed by atoms with Crippen molar-refractivity contribution in [2.75, 3.05) is 6.26 Å². The zero-order valence-corrected chi connectivity index (χ0v) is 10.8. The molecule has 0 aliphatic heterocycles. The zero-order valence-electron chi connectivity index (χ0n) is 8.06. The summed E-state index contributed by atoms with van der Waals surface area (Å²) in [5, 5.41) is 2.18. The van der Waals surface area contributed by atoms with Crippen molar-refractivity contribution in [3.8, 4) is 11.1 Å². The second kappa shape index (κ2) is 6.41. The average Bonchev–Trinajstić information content (AvgIpc) is 2.75. The largest absolute Gasteiger partial charge is 3.00 e. The molecule has 0 aliphatic carbocycles. The van der Waals surface area contributed by atoms with Gasteiger partial charge in [-0.1, -0.05) is 0 Å². The predicted molar refractivity (Wildman–Crippen MR) is 62.4 cm³/mol. The van der Waals surface area contributed by atoms with E-state index in [2.05, 4.69) is 29.8 Å². The normalized spacial score (nSPS) is 8.93. The van der Waals surface area contributed by atoms with E-state index in [0.717, 1.165) is 0 Å². The Balaban J connectivity index is 0.000000845. The van der Waals surface area contributed by atoms with Crippen molar-refractivity contribution in [1.82, 2.24) is 0 Å². The van der Waals surface area contributed by atoms with Crippen LogP contribution >= 0.6 is 23.1 Å². The number of thiophene rings is 1. The van der Waals surface area contributed by atoms with Crippen LogP contribution < -0.4 is 0 Å². The van der Waals surface area contributed by atoms with Gasteiger partial charge in [0.2, 0.25) is 0 Å². The molecular formula is C11H11FeS2. The van der Waals surface area contributed by atoms with Crippen LogP contribution in [0.3, 0.4) is 0 Å². The first-order chi connectivity index (χ1) is 5.90. The monoisotopic (exact) mass is 263 g/mol. The molecule has 3 heteroatoms. The summed E-state index contributed by atoms with van der Waals surface area (Å²) in [6.45, 7) is 0. The summed E-state index contributed by atoms with van der Waals surface area (Å²) in [4.78, 5) is 0. The van der Waals surface area contributed by atoms with Gasteiger partial charge in [0, 0.05) is 5.38 Å². The number of thioether (sulfide) groups is 1. The van der Waals surface area contributed by atoms with Gasteiger partial charge in [-0.25, -0.2) is 0 Å². The molecule has 0 aliphatic rings. The average molecular weight is 263 g/mol. The van der Waals surface area contributed by atoms with E-state index in [-0.39, 0.29) is 24.5 Å². The van der Waals surface area contributed by atoms with Crippen LogP contribution in [-0.4, -0.2) is 6.26 Å². The molecule has 0 amide bonds. The first-order valence-electron chi connectivity index (χ1n) is 3.66. The van der Waals surface area contributed by atoms with Crippen molar-refractivity contribution in [3.05, 3.63) is 43.1 Å². The molecule has 0 atom stereocenters. The standard InChI is InChI=1S/C10H8S2.CH3.Fe/c1-11-10-6-9(7-12-10)8-4-2-3-5-8;;/h2-4,6-7H,1H3;1H3;/q-2;-1;+3. The Morgan fingerprint density at radius 3 is 2.86 bits per heavy atom. The molecule has 1 radical (unpaired) electrons. The van der Waals surface area contributed by atoms with Crippen molar-refractivity contribution in [1.29, 1.82) is 0 Å². The summed E-state index contributed by atoms with van der Waals surface area (Å²) < 4.78 is 1.36. The molecule has 14 heavy (non-hydrogen) atoms. The Hall–Kier alpha value is -0.0805. The first-order valence-corrected chi connectivity index (χ1v) is 5.77. The van der Waals surface area contributed by atoms with Crippen molar-refractivity contribution < 1.29 is 17.1 Å². The van der Waals surface area contributed by atoms with Crippen LogP contribution in [-0.2, 0) is 17.1 Å². The maximum absolute atomic E-state index is 3.19. The van der Waals surface area contributed by atoms with E-state index in [0.29, 0.717) is 0 Å². The molecule has 0 nitrogen and oxygen atoms in total. The fraction of sp³-hybridized carbons (Fsp3) is 0.0909. The maximum atomic E-state index is 3.19. The number of rotatable bonds is 2. The smallest absolute Gasteiger partial charge is 0.358 e. The summed E-state index contributed by atoms with van der Waals surface area (Å²) in [6, 6.07) is 11.5. The van der Waals surface area contributed by atoms with Gasteiger partial charge in [-0.2, -0.15) is 5.56 Å². The molecule has 1 aromatic heterocycles. The van der Waals surface area contributed by atoms with E-state index < -0.39 is 0 Å². The minimum Gasteiger partial charge on any atom is -0.358 e. The summed E-state index contributed by atoms with van der Waals surface area (Å²) in [7, 11) is 0. The van der Waals surface area contributed by atoms with Crippen molar-refractivity contribution >= 4 is 23.1 Å². The number of hydrogen-bond acceptors (Lipinski definition) is 1. The topological polar surface area (TPSA) is 0 Å². The molecule has 0 unspecified atom stereocenters. The Morgan fingerprint density at radius 1 is 1.57 bits per heavy atom. The van der Waals surface area contributed by atoms with E-state index in [1.807, 2.05) is 12.1 Å². The van der Waals surface area contributed by atoms with Crippen LogP contribution in [0.2, 0.25) is 0 Å². The van der Waals surface area contributed by atoms with Gasteiger partial charge in [0.1, 0.15) is 4.21 Å². The molecule has 0 N–H and O–H groups in total. The van der Waals surface area contributed by atoms with Gasteiger partial charge < -0.3 is 19.1 Å². The third kappa shape index (κ3) is 2.96. The Kier molecular flexibility index (Phi) is 6.38. The predicted octanol–water partition coefficient (Wildman–Crippen LogP) is 4.10. The summed E-state index contributed by atoms with van der Waals surface area (Å²) in [5.74, 6) is 0. The summed E-state index contributed by atoms with van der Waals surface area (Å²) >= 11 is 3.58. The van der Waals surface area contributed by atoms with E-state index >= 15 is 0 Å². The summed E-state index contributed by atoms with van der Waals surface area (Å²) in [5.41, 5.74) is 2.49. The minimum atomic E-state index is 0. The van der Waals surface area contributed by atoms with Crippen LogP contribution in [0.1, 0.15) is 0 Å². The molecular weight excluding hydrogens is 252 g/mol. The Morgan fingerprint density at radius 2 is 2.36 bits per heavy atom. The van der Waals surface area contributed by atoms with Crippen molar-refractivity contribution in [3.63, 3.8) is 0 Å². The van der Waals surface area contributed by atoms with E-state index in [1.54, 1.807) is 23.1 Å². The molecule has 0 fully saturated rings. The van der Waals surface area contributed by atoms with Gasteiger partial charge >= 0.3 is 17.1 Å². The van der Waals surface area contributed by atoms with E-state index in [4.69, 9.17) is 0 Å². The van der Waals surface area contributed by atoms with Gasteiger partial charge in [0.15, 0.2) is 0 Å². The van der Waals surface area contributed by atoms with Gasteiger partial charge in [0.25, 0.3) is 0 Å². The van der Waals surface area contributed by atoms with Gasteiger partial charge in [0.05, 0.1) is 11.3 Å². The van der Waals surface area contributed by atoms with E-state index in [9.17, 15) is 0 Å². The fourth-order valence-corrected chi connectivity index (χ4v) is 2.48. The van der Waals surface area contributed by atoms with Crippen LogP contribution in [0.5, 0.6) is 0 Å². The van der Waals surface area contributed by atoms with E-state index in [1.165, 1.54) is 15.3 Å². The molecule has 2 rings (SSSR count). The third-order valence-electron chi connectivity index (χ3n) is 1.69. The molecule has 0 saturated heterocycles. The molecule has 0 saturated carbocycles. The molecule has 1 heterocycles. The van der Waals surface area contributed by atoms with Gasteiger partial charge in [-0.15, -0.1) is 17.8 Å². The first kappa shape index (κ1) is 13.9. The van der Waals surface area contributed by atoms with Crippen LogP contribution in [0.4, 0.5) is 0 Å². The quantitative estimate of drug-likeness (QED) is 0.340. The molecule has 0 spiro atoms. The molecule has 0 bridgehead atoms. The van der Waals surface area contributed by atoms with Gasteiger partial charge in [-0.05, 0) is 6.26 Å².